The molecule has 534 valence electrons. The molecule has 96 heavy (non-hydrogen) atoms. The molecule has 10 N–H and O–H groups in total. The van der Waals surface area contributed by atoms with Gasteiger partial charge in [-0.2, -0.15) is 0 Å². The van der Waals surface area contributed by atoms with E-state index in [-0.39, 0.29) is 25.6 Å². The van der Waals surface area contributed by atoms with E-state index < -0.39 is 33.3 Å². The van der Waals surface area contributed by atoms with Crippen LogP contribution in [-0.2, 0) is 17.7 Å². The number of anilines is 10. The monoisotopic (exact) mass is 1390 g/mol. The Hall–Kier alpha value is -5.89. The lowest BCUT2D eigenvalue weighted by Crippen LogP contribution is -2.62. The van der Waals surface area contributed by atoms with Crippen LogP contribution >= 0.6 is 0 Å². The Morgan fingerprint density at radius 1 is 0.417 bits per heavy atom. The molecule has 0 amide bonds. The van der Waals surface area contributed by atoms with Crippen LogP contribution in [0.2, 0.25) is 72.5 Å². The van der Waals surface area contributed by atoms with Crippen LogP contribution in [-0.4, -0.2) is 175 Å². The summed E-state index contributed by atoms with van der Waals surface area (Å²) in [5, 5.41) is 41.2. The van der Waals surface area contributed by atoms with Crippen molar-refractivity contribution in [3.05, 3.63) is 60.7 Å². The van der Waals surface area contributed by atoms with Crippen molar-refractivity contribution in [1.29, 1.82) is 0 Å². The van der Waals surface area contributed by atoms with E-state index >= 15 is 0 Å². The number of piperidine rings is 2. The highest BCUT2D eigenvalue weighted by Crippen LogP contribution is 2.48. The van der Waals surface area contributed by atoms with Gasteiger partial charge in [0.2, 0.25) is 0 Å². The van der Waals surface area contributed by atoms with E-state index in [9.17, 15) is 0 Å². The molecular formula is C68H122N20O4Si4. The fraction of sp³-hybridized carbons (Fsp3) is 0.706. The summed E-state index contributed by atoms with van der Waals surface area (Å²) in [7, 11) is -6.63. The highest BCUT2D eigenvalue weighted by atomic mass is 28.4. The fourth-order valence-corrected chi connectivity index (χ4v) is 16.0. The second-order valence-electron chi connectivity index (χ2n) is 34.1. The topological polar surface area (TPSA) is 312 Å². The van der Waals surface area contributed by atoms with Crippen LogP contribution < -0.4 is 53.2 Å². The number of nitrogens with zero attached hydrogens (tertiary/aromatic N) is 15. The maximum atomic E-state index is 6.66. The zero-order valence-electron chi connectivity index (χ0n) is 62.6. The minimum Gasteiger partial charge on any atom is -0.416 e. The normalized spacial score (nSPS) is 20.7. The minimum absolute atomic E-state index is 0.207. The minimum atomic E-state index is -1.68. The summed E-state index contributed by atoms with van der Waals surface area (Å²) in [5.41, 5.74) is 28.0. The van der Waals surface area contributed by atoms with E-state index in [1.165, 1.54) is 19.3 Å². The number of fused-ring (bicyclic) bond motifs is 2. The molecule has 2 bridgehead atoms. The number of nitrogen functional groups attached to an aromatic ring is 5. The highest BCUT2D eigenvalue weighted by molar-refractivity contribution is 6.75. The van der Waals surface area contributed by atoms with E-state index in [1.807, 2.05) is 42.5 Å². The van der Waals surface area contributed by atoms with Gasteiger partial charge in [-0.25, -0.2) is 0 Å². The second kappa shape index (κ2) is 30.7. The molecule has 0 radical (unpaired) electrons. The van der Waals surface area contributed by atoms with Gasteiger partial charge in [0.1, 0.15) is 29.1 Å². The molecular weight excluding hydrogens is 1270 g/mol. The summed E-state index contributed by atoms with van der Waals surface area (Å²) in [6.45, 7) is 62.0. The van der Waals surface area contributed by atoms with Gasteiger partial charge in [0, 0.05) is 102 Å². The van der Waals surface area contributed by atoms with Crippen LogP contribution in [0.4, 0.5) is 58.2 Å². The molecule has 7 aliphatic rings. The smallest absolute Gasteiger partial charge is 0.192 e. The van der Waals surface area contributed by atoms with Crippen molar-refractivity contribution in [1.82, 2.24) is 51.0 Å². The summed E-state index contributed by atoms with van der Waals surface area (Å²) >= 11 is 0. The van der Waals surface area contributed by atoms with Gasteiger partial charge in [-0.1, -0.05) is 103 Å². The first-order valence-electron chi connectivity index (χ1n) is 34.7. The first-order valence-corrected chi connectivity index (χ1v) is 46.3. The van der Waals surface area contributed by atoms with Gasteiger partial charge < -0.3 is 70.9 Å². The van der Waals surface area contributed by atoms with Gasteiger partial charge in [-0.3, -0.25) is 0 Å². The van der Waals surface area contributed by atoms with Gasteiger partial charge in [0.05, 0.1) is 12.2 Å². The number of nitrogens with two attached hydrogens (primary N) is 5. The lowest BCUT2D eigenvalue weighted by Gasteiger charge is -2.56. The predicted octanol–water partition coefficient (Wildman–Crippen LogP) is 11.9. The van der Waals surface area contributed by atoms with E-state index in [4.69, 9.17) is 46.4 Å². The number of aromatic nitrogens is 10. The molecule has 1 saturated carbocycles. The number of hydrogen-bond acceptors (Lipinski definition) is 24. The molecule has 6 saturated heterocycles. The summed E-state index contributed by atoms with van der Waals surface area (Å²) in [6, 6.07) is 18.7. The third-order valence-electron chi connectivity index (χ3n) is 21.8. The summed E-state index contributed by atoms with van der Waals surface area (Å²) in [5.74, 6) is 9.60. The molecule has 0 spiro atoms. The lowest BCUT2D eigenvalue weighted by molar-refractivity contribution is -0.0433. The molecule has 6 aliphatic heterocycles. The van der Waals surface area contributed by atoms with Crippen LogP contribution in [0, 0.1) is 29.1 Å². The third kappa shape index (κ3) is 20.6. The predicted molar refractivity (Wildman–Crippen MR) is 405 cm³/mol. The van der Waals surface area contributed by atoms with Crippen LogP contribution in [0.1, 0.15) is 116 Å². The average molecular weight is 1400 g/mol. The molecule has 7 fully saturated rings. The second-order valence-corrected chi connectivity index (χ2v) is 53.2. The molecule has 28 heteroatoms. The van der Waals surface area contributed by atoms with Gasteiger partial charge in [0.25, 0.3) is 0 Å². The van der Waals surface area contributed by atoms with E-state index in [0.29, 0.717) is 59.1 Å². The van der Waals surface area contributed by atoms with Gasteiger partial charge in [-0.05, 0) is 152 Å². The average Bonchev–Trinajstić information content (AvgIpc) is 0.813. The Morgan fingerprint density at radius 2 is 0.750 bits per heavy atom. The van der Waals surface area contributed by atoms with Crippen molar-refractivity contribution in [3.8, 4) is 0 Å². The Kier molecular flexibility index (Phi) is 24.8. The maximum Gasteiger partial charge on any atom is 0.192 e. The van der Waals surface area contributed by atoms with Crippen molar-refractivity contribution in [2.24, 2.45) is 29.1 Å². The van der Waals surface area contributed by atoms with Gasteiger partial charge in [0.15, 0.2) is 62.4 Å². The van der Waals surface area contributed by atoms with Crippen molar-refractivity contribution in [3.63, 3.8) is 0 Å². The highest BCUT2D eigenvalue weighted by Gasteiger charge is 2.52. The van der Waals surface area contributed by atoms with Crippen molar-refractivity contribution in [2.75, 3.05) is 132 Å². The third-order valence-corrected chi connectivity index (χ3v) is 39.8. The summed E-state index contributed by atoms with van der Waals surface area (Å²) in [6.07, 6.45) is 4.57. The van der Waals surface area contributed by atoms with Crippen LogP contribution in [0.15, 0.2) is 60.7 Å². The van der Waals surface area contributed by atoms with Crippen molar-refractivity contribution >= 4 is 91.4 Å². The van der Waals surface area contributed by atoms with E-state index in [1.54, 1.807) is 18.2 Å². The lowest BCUT2D eigenvalue weighted by atomic mass is 9.68. The first kappa shape index (κ1) is 77.5. The summed E-state index contributed by atoms with van der Waals surface area (Å²) in [4.78, 5) is 11.2. The molecule has 24 nitrogen and oxygen atoms in total. The largest absolute Gasteiger partial charge is 0.416 e. The Labute approximate surface area is 579 Å². The first-order chi connectivity index (χ1) is 44.4. The summed E-state index contributed by atoms with van der Waals surface area (Å²) < 4.78 is 25.6. The Bertz CT molecular complexity index is 3190. The van der Waals surface area contributed by atoms with Crippen molar-refractivity contribution in [2.45, 2.75) is 201 Å². The Morgan fingerprint density at radius 3 is 1.10 bits per heavy atom. The molecule has 11 heterocycles. The van der Waals surface area contributed by atoms with Crippen LogP contribution in [0.25, 0.3) is 0 Å². The van der Waals surface area contributed by atoms with Crippen LogP contribution in [0.3, 0.4) is 0 Å². The van der Waals surface area contributed by atoms with Crippen LogP contribution in [0.5, 0.6) is 0 Å². The fourth-order valence-electron chi connectivity index (χ4n) is 11.0. The van der Waals surface area contributed by atoms with E-state index in [2.05, 4.69) is 225 Å². The van der Waals surface area contributed by atoms with Crippen molar-refractivity contribution < 1.29 is 17.7 Å². The zero-order valence-corrected chi connectivity index (χ0v) is 66.6. The quantitative estimate of drug-likeness (QED) is 0.0573. The molecule has 5 aromatic heterocycles. The molecule has 1 aliphatic carbocycles. The number of hydrogen-bond donors (Lipinski definition) is 5. The molecule has 3 atom stereocenters. The SMILES string of the molecule is CC(C)(C)[Si](C)(C)OC1C2CC1CN(c1ccc(N)nn1)C2.CC(C)(C)[Si](C)(C)OC1CN(c2ccc(N)nn2)C1.CC(C)(C)[Si](C)(C)OCC1CN(c2ccc(N)nn2)C1.CC1(CO[Si](C)(C)C(C)(C)C)CN(c2ccc(N)nn2)C1.CCC1CCN(c2ccc(N)nn2)C1. The van der Waals surface area contributed by atoms with Gasteiger partial charge in [-0.15, -0.1) is 51.0 Å². The molecule has 3 unspecified atom stereocenters. The van der Waals surface area contributed by atoms with Gasteiger partial charge >= 0.3 is 0 Å². The maximum absolute atomic E-state index is 6.66. The standard InChI is InChI=1S/C16H28N4OSi.C15H28N4OSi.C14H26N4OSi.C13H24N4OSi.C10H16N4/c1-16(2,3)22(4,5)21-15-11-8-12(15)10-20(9-11)14-7-6-13(17)18-19-14;1-14(2,3)21(5,6)20-11-15(4)9-19(10-15)13-8-7-12(16)17-18-13;1-14(2,3)20(4,5)19-10-11-8-18(9-11)13-7-6-12(15)16-17-13;1-13(2,3)19(4,5)18-10-8-17(9-10)12-7-6-11(14)15-16-12;1-2-8-5-6-14(7-8)10-4-3-9(11)12-13-10/h6-7,11-12,15H,8-10H2,1-5H3,(H2,17,18);7-8H,9-11H2,1-6H3,(H2,16,17);6-7,11H,8-10H2,1-5H3,(H2,15,16);6-7,10H,8-9H2,1-5H3,(H2,14,15);3-4,8H,2,5-7H2,1H3,(H2,11,12). The molecule has 12 rings (SSSR count). The number of rotatable bonds is 16. The Balaban J connectivity index is 0.000000170. The van der Waals surface area contributed by atoms with E-state index in [0.717, 1.165) is 114 Å². The molecule has 0 aromatic carbocycles. The molecule has 5 aromatic rings. The zero-order chi connectivity index (χ0) is 71.2.